The highest BCUT2D eigenvalue weighted by Crippen LogP contribution is 2.14. The van der Waals surface area contributed by atoms with E-state index < -0.39 is 6.04 Å². The van der Waals surface area contributed by atoms with Crippen molar-refractivity contribution in [2.45, 2.75) is 26.4 Å². The summed E-state index contributed by atoms with van der Waals surface area (Å²) in [6.07, 6.45) is 0. The second-order valence-corrected chi connectivity index (χ2v) is 6.48. The molecule has 0 bridgehead atoms. The smallest absolute Gasteiger partial charge is 0.315 e. The molecule has 24 heavy (non-hydrogen) atoms. The maximum absolute atomic E-state index is 12.4. The van der Waals surface area contributed by atoms with Crippen LogP contribution >= 0.6 is 0 Å². The standard InChI is InChI=1S/C17H22N4O3/c1-11-5-12(2)7-13(6-11)9-20-3-4-21(10-15(20)22)16(23)14-8-18-17(24)19-14/h5-7,14H,3-4,8-10H2,1-2H3,(H2,18,19,24)/t14-/m0/s1. The second-order valence-electron chi connectivity index (χ2n) is 6.48. The van der Waals surface area contributed by atoms with Crippen LogP contribution in [0.2, 0.25) is 0 Å². The van der Waals surface area contributed by atoms with Crippen LogP contribution in [0, 0.1) is 13.8 Å². The zero-order valence-corrected chi connectivity index (χ0v) is 14.0. The Morgan fingerprint density at radius 2 is 1.88 bits per heavy atom. The van der Waals surface area contributed by atoms with Crippen molar-refractivity contribution in [3.8, 4) is 0 Å². The summed E-state index contributed by atoms with van der Waals surface area (Å²) in [7, 11) is 0. The van der Waals surface area contributed by atoms with Gasteiger partial charge in [0.25, 0.3) is 0 Å². The predicted octanol–water partition coefficient (Wildman–Crippen LogP) is 0.156. The molecule has 1 atom stereocenters. The Morgan fingerprint density at radius 1 is 1.17 bits per heavy atom. The molecule has 2 aliphatic heterocycles. The molecule has 0 spiro atoms. The van der Waals surface area contributed by atoms with Crippen LogP contribution in [-0.4, -0.2) is 59.9 Å². The maximum atomic E-state index is 12.4. The monoisotopic (exact) mass is 330 g/mol. The summed E-state index contributed by atoms with van der Waals surface area (Å²) < 4.78 is 0. The average molecular weight is 330 g/mol. The first kappa shape index (κ1) is 16.3. The minimum absolute atomic E-state index is 0.0639. The van der Waals surface area contributed by atoms with Gasteiger partial charge >= 0.3 is 6.03 Å². The summed E-state index contributed by atoms with van der Waals surface area (Å²) in [5, 5.41) is 5.12. The lowest BCUT2D eigenvalue weighted by Crippen LogP contribution is -2.55. The zero-order chi connectivity index (χ0) is 17.3. The van der Waals surface area contributed by atoms with Crippen LogP contribution in [0.1, 0.15) is 16.7 Å². The van der Waals surface area contributed by atoms with E-state index in [0.29, 0.717) is 19.6 Å². The Balaban J connectivity index is 1.60. The van der Waals surface area contributed by atoms with Crippen molar-refractivity contribution in [1.82, 2.24) is 20.4 Å². The molecule has 2 saturated heterocycles. The van der Waals surface area contributed by atoms with Gasteiger partial charge in [-0.3, -0.25) is 9.59 Å². The summed E-state index contributed by atoms with van der Waals surface area (Å²) >= 11 is 0. The lowest BCUT2D eigenvalue weighted by molar-refractivity contribution is -0.146. The number of nitrogens with zero attached hydrogens (tertiary/aromatic N) is 2. The fraction of sp³-hybridized carbons (Fsp3) is 0.471. The number of rotatable bonds is 3. The molecule has 2 heterocycles. The topological polar surface area (TPSA) is 81.8 Å². The number of urea groups is 1. The molecule has 2 fully saturated rings. The summed E-state index contributed by atoms with van der Waals surface area (Å²) in [4.78, 5) is 39.2. The van der Waals surface area contributed by atoms with Crippen LogP contribution in [0.4, 0.5) is 4.79 Å². The van der Waals surface area contributed by atoms with Gasteiger partial charge in [-0.2, -0.15) is 0 Å². The molecule has 4 amide bonds. The number of piperazine rings is 1. The van der Waals surface area contributed by atoms with Crippen molar-refractivity contribution >= 4 is 17.8 Å². The van der Waals surface area contributed by atoms with Crippen LogP contribution in [0.3, 0.4) is 0 Å². The van der Waals surface area contributed by atoms with Crippen molar-refractivity contribution in [1.29, 1.82) is 0 Å². The molecular weight excluding hydrogens is 308 g/mol. The molecule has 7 heteroatoms. The van der Waals surface area contributed by atoms with Crippen LogP contribution in [-0.2, 0) is 16.1 Å². The SMILES string of the molecule is Cc1cc(C)cc(CN2CCN(C(=O)[C@@H]3CNC(=O)N3)CC2=O)c1. The summed E-state index contributed by atoms with van der Waals surface area (Å²) in [6, 6.07) is 5.35. The molecule has 0 aromatic heterocycles. The average Bonchev–Trinajstić information content (AvgIpc) is 2.94. The molecular formula is C17H22N4O3. The third kappa shape index (κ3) is 3.50. The Labute approximate surface area is 141 Å². The van der Waals surface area contributed by atoms with Crippen LogP contribution in [0.25, 0.3) is 0 Å². The van der Waals surface area contributed by atoms with Gasteiger partial charge in [-0.15, -0.1) is 0 Å². The van der Waals surface area contributed by atoms with E-state index in [1.807, 2.05) is 13.8 Å². The van der Waals surface area contributed by atoms with Gasteiger partial charge in [-0.25, -0.2) is 4.79 Å². The molecule has 0 unspecified atom stereocenters. The van der Waals surface area contributed by atoms with Gasteiger partial charge in [-0.05, 0) is 19.4 Å². The first-order chi connectivity index (χ1) is 11.4. The largest absolute Gasteiger partial charge is 0.336 e. The Morgan fingerprint density at radius 3 is 2.46 bits per heavy atom. The van der Waals surface area contributed by atoms with Gasteiger partial charge in [-0.1, -0.05) is 29.3 Å². The van der Waals surface area contributed by atoms with Crippen molar-refractivity contribution in [2.75, 3.05) is 26.2 Å². The first-order valence-corrected chi connectivity index (χ1v) is 8.10. The first-order valence-electron chi connectivity index (χ1n) is 8.10. The van der Waals surface area contributed by atoms with E-state index in [2.05, 4.69) is 28.8 Å². The van der Waals surface area contributed by atoms with E-state index in [0.717, 1.165) is 5.56 Å². The lowest BCUT2D eigenvalue weighted by Gasteiger charge is -2.35. The number of benzene rings is 1. The fourth-order valence-corrected chi connectivity index (χ4v) is 3.27. The van der Waals surface area contributed by atoms with E-state index in [1.165, 1.54) is 16.0 Å². The molecule has 1 aromatic rings. The van der Waals surface area contributed by atoms with E-state index in [4.69, 9.17) is 0 Å². The zero-order valence-electron chi connectivity index (χ0n) is 14.0. The highest BCUT2D eigenvalue weighted by Gasteiger charge is 2.34. The Kier molecular flexibility index (Phi) is 4.42. The quantitative estimate of drug-likeness (QED) is 0.828. The Hall–Kier alpha value is -2.57. The number of amides is 4. The van der Waals surface area contributed by atoms with Crippen molar-refractivity contribution in [2.24, 2.45) is 0 Å². The van der Waals surface area contributed by atoms with Crippen molar-refractivity contribution in [3.05, 3.63) is 34.9 Å². The minimum Gasteiger partial charge on any atom is -0.336 e. The van der Waals surface area contributed by atoms with Gasteiger partial charge in [0.15, 0.2) is 0 Å². The second kappa shape index (κ2) is 6.51. The highest BCUT2D eigenvalue weighted by molar-refractivity contribution is 5.93. The number of carbonyl (C=O) groups excluding carboxylic acids is 3. The molecule has 0 radical (unpaired) electrons. The molecule has 3 rings (SSSR count). The number of carbonyl (C=O) groups is 3. The number of nitrogens with one attached hydrogen (secondary N) is 2. The fourth-order valence-electron chi connectivity index (χ4n) is 3.27. The lowest BCUT2D eigenvalue weighted by atomic mass is 10.1. The summed E-state index contributed by atoms with van der Waals surface area (Å²) in [5.41, 5.74) is 3.46. The molecule has 7 nitrogen and oxygen atoms in total. The van der Waals surface area contributed by atoms with E-state index in [1.54, 1.807) is 4.90 Å². The van der Waals surface area contributed by atoms with Crippen molar-refractivity contribution < 1.29 is 14.4 Å². The highest BCUT2D eigenvalue weighted by atomic mass is 16.2. The summed E-state index contributed by atoms with van der Waals surface area (Å²) in [5.74, 6) is -0.265. The van der Waals surface area contributed by atoms with Crippen LogP contribution in [0.5, 0.6) is 0 Å². The third-order valence-electron chi connectivity index (χ3n) is 4.36. The van der Waals surface area contributed by atoms with Gasteiger partial charge in [0.1, 0.15) is 6.04 Å². The molecule has 0 saturated carbocycles. The molecule has 128 valence electrons. The summed E-state index contributed by atoms with van der Waals surface area (Å²) in [6.45, 7) is 5.97. The van der Waals surface area contributed by atoms with E-state index in [9.17, 15) is 14.4 Å². The van der Waals surface area contributed by atoms with Gasteiger partial charge in [0, 0.05) is 26.2 Å². The molecule has 0 aliphatic carbocycles. The maximum Gasteiger partial charge on any atom is 0.315 e. The van der Waals surface area contributed by atoms with Gasteiger partial charge in [0.2, 0.25) is 11.8 Å². The number of aryl methyl sites for hydroxylation is 2. The van der Waals surface area contributed by atoms with Gasteiger partial charge < -0.3 is 20.4 Å². The van der Waals surface area contributed by atoms with Crippen LogP contribution < -0.4 is 10.6 Å². The van der Waals surface area contributed by atoms with E-state index in [-0.39, 0.29) is 30.9 Å². The van der Waals surface area contributed by atoms with Crippen LogP contribution in [0.15, 0.2) is 18.2 Å². The molecule has 2 N–H and O–H groups in total. The number of hydrogen-bond acceptors (Lipinski definition) is 3. The van der Waals surface area contributed by atoms with Crippen molar-refractivity contribution in [3.63, 3.8) is 0 Å². The van der Waals surface area contributed by atoms with Gasteiger partial charge in [0.05, 0.1) is 6.54 Å². The predicted molar refractivity (Wildman–Crippen MR) is 88.2 cm³/mol. The molecule has 1 aromatic carbocycles. The number of hydrogen-bond donors (Lipinski definition) is 2. The third-order valence-corrected chi connectivity index (χ3v) is 4.36. The molecule has 2 aliphatic rings. The minimum atomic E-state index is -0.573. The van der Waals surface area contributed by atoms with E-state index >= 15 is 0 Å². The Bertz CT molecular complexity index is 668. The normalized spacial score (nSPS) is 20.8.